The van der Waals surface area contributed by atoms with Crippen molar-refractivity contribution in [2.24, 2.45) is 0 Å². The quantitative estimate of drug-likeness (QED) is 0.742. The van der Waals surface area contributed by atoms with Gasteiger partial charge < -0.3 is 15.0 Å². The van der Waals surface area contributed by atoms with Gasteiger partial charge in [-0.1, -0.05) is 44.2 Å². The first-order valence-corrected chi connectivity index (χ1v) is 7.23. The van der Waals surface area contributed by atoms with E-state index in [0.29, 0.717) is 12.6 Å². The van der Waals surface area contributed by atoms with Gasteiger partial charge in [0.05, 0.1) is 12.6 Å². The monoisotopic (exact) mass is 264 g/mol. The Morgan fingerprint density at radius 3 is 2.32 bits per heavy atom. The lowest BCUT2D eigenvalue weighted by Crippen LogP contribution is -2.41. The number of likely N-dealkylation sites (N-methyl/N-ethyl adjacent to an activating group) is 1. The maximum Gasteiger partial charge on any atom is 0.0657 e. The lowest BCUT2D eigenvalue weighted by atomic mass is 10.1. The van der Waals surface area contributed by atoms with Crippen molar-refractivity contribution in [3.05, 3.63) is 35.9 Å². The molecule has 2 unspecified atom stereocenters. The molecular weight excluding hydrogens is 236 g/mol. The number of ether oxygens (including phenoxy) is 1. The number of hydrogen-bond donors (Lipinski definition) is 1. The van der Waals surface area contributed by atoms with Crippen LogP contribution in [-0.2, 0) is 4.74 Å². The maximum absolute atomic E-state index is 5.34. The molecule has 0 bridgehead atoms. The van der Waals surface area contributed by atoms with Crippen LogP contribution in [0.4, 0.5) is 0 Å². The molecule has 1 rings (SSSR count). The van der Waals surface area contributed by atoms with E-state index in [9.17, 15) is 0 Å². The van der Waals surface area contributed by atoms with Crippen LogP contribution in [0, 0.1) is 0 Å². The van der Waals surface area contributed by atoms with Crippen molar-refractivity contribution in [3.8, 4) is 0 Å². The third-order valence-electron chi connectivity index (χ3n) is 3.45. The molecule has 0 fully saturated rings. The summed E-state index contributed by atoms with van der Waals surface area (Å²) in [6, 6.07) is 11.2. The highest BCUT2D eigenvalue weighted by Crippen LogP contribution is 2.13. The highest BCUT2D eigenvalue weighted by Gasteiger charge is 2.15. The van der Waals surface area contributed by atoms with Crippen molar-refractivity contribution in [3.63, 3.8) is 0 Å². The molecule has 0 amide bonds. The van der Waals surface area contributed by atoms with E-state index in [4.69, 9.17) is 4.74 Å². The molecule has 0 spiro atoms. The molecule has 0 aromatic heterocycles. The SMILES string of the molecule is CCN(CC)CC(C)NC(COC)c1ccccc1. The van der Waals surface area contributed by atoms with Gasteiger partial charge in [0, 0.05) is 19.7 Å². The summed E-state index contributed by atoms with van der Waals surface area (Å²) in [5, 5.41) is 3.67. The van der Waals surface area contributed by atoms with Crippen LogP contribution in [0.2, 0.25) is 0 Å². The van der Waals surface area contributed by atoms with Gasteiger partial charge in [-0.2, -0.15) is 0 Å². The number of nitrogens with one attached hydrogen (secondary N) is 1. The van der Waals surface area contributed by atoms with Gasteiger partial charge in [0.15, 0.2) is 0 Å². The van der Waals surface area contributed by atoms with Crippen LogP contribution in [0.3, 0.4) is 0 Å². The van der Waals surface area contributed by atoms with Crippen LogP contribution in [0.5, 0.6) is 0 Å². The molecular formula is C16H28N2O. The third kappa shape index (κ3) is 5.72. The van der Waals surface area contributed by atoms with Gasteiger partial charge in [0.25, 0.3) is 0 Å². The van der Waals surface area contributed by atoms with Crippen molar-refractivity contribution in [1.82, 2.24) is 10.2 Å². The van der Waals surface area contributed by atoms with E-state index in [2.05, 4.69) is 55.3 Å². The number of benzene rings is 1. The van der Waals surface area contributed by atoms with Gasteiger partial charge in [-0.25, -0.2) is 0 Å². The summed E-state index contributed by atoms with van der Waals surface area (Å²) >= 11 is 0. The van der Waals surface area contributed by atoms with Crippen LogP contribution in [0.15, 0.2) is 30.3 Å². The molecule has 1 aromatic carbocycles. The minimum absolute atomic E-state index is 0.261. The van der Waals surface area contributed by atoms with E-state index in [1.165, 1.54) is 5.56 Å². The Morgan fingerprint density at radius 2 is 1.79 bits per heavy atom. The van der Waals surface area contributed by atoms with Crippen LogP contribution >= 0.6 is 0 Å². The average molecular weight is 264 g/mol. The fraction of sp³-hybridized carbons (Fsp3) is 0.625. The first-order chi connectivity index (χ1) is 9.21. The van der Waals surface area contributed by atoms with Crippen molar-refractivity contribution < 1.29 is 4.74 Å². The Bertz CT molecular complexity index is 325. The maximum atomic E-state index is 5.34. The Kier molecular flexibility index (Phi) is 7.72. The topological polar surface area (TPSA) is 24.5 Å². The van der Waals surface area contributed by atoms with Gasteiger partial charge in [0.1, 0.15) is 0 Å². The van der Waals surface area contributed by atoms with Gasteiger partial charge in [-0.05, 0) is 25.6 Å². The summed E-state index contributed by atoms with van der Waals surface area (Å²) in [4.78, 5) is 2.44. The summed E-state index contributed by atoms with van der Waals surface area (Å²) in [5.41, 5.74) is 1.29. The highest BCUT2D eigenvalue weighted by molar-refractivity contribution is 5.19. The molecule has 19 heavy (non-hydrogen) atoms. The standard InChI is InChI=1S/C16H28N2O/c1-5-18(6-2)12-14(3)17-16(13-19-4)15-10-8-7-9-11-15/h7-11,14,16-17H,5-6,12-13H2,1-4H3. The van der Waals surface area contributed by atoms with Crippen molar-refractivity contribution in [2.75, 3.05) is 33.4 Å². The largest absolute Gasteiger partial charge is 0.383 e. The van der Waals surface area contributed by atoms with E-state index in [1.54, 1.807) is 7.11 Å². The molecule has 0 saturated carbocycles. The van der Waals surface area contributed by atoms with E-state index >= 15 is 0 Å². The number of methoxy groups -OCH3 is 1. The minimum atomic E-state index is 0.261. The lowest BCUT2D eigenvalue weighted by Gasteiger charge is -2.27. The molecule has 0 radical (unpaired) electrons. The molecule has 1 N–H and O–H groups in total. The number of nitrogens with zero attached hydrogens (tertiary/aromatic N) is 1. The first-order valence-electron chi connectivity index (χ1n) is 7.23. The van der Waals surface area contributed by atoms with Crippen LogP contribution < -0.4 is 5.32 Å². The zero-order valence-corrected chi connectivity index (χ0v) is 12.7. The van der Waals surface area contributed by atoms with Crippen molar-refractivity contribution >= 4 is 0 Å². The van der Waals surface area contributed by atoms with E-state index in [0.717, 1.165) is 19.6 Å². The number of rotatable bonds is 9. The zero-order valence-electron chi connectivity index (χ0n) is 12.7. The second-order valence-corrected chi connectivity index (χ2v) is 4.97. The summed E-state index contributed by atoms with van der Waals surface area (Å²) < 4.78 is 5.34. The molecule has 3 heteroatoms. The molecule has 0 heterocycles. The molecule has 0 aliphatic rings. The van der Waals surface area contributed by atoms with Crippen LogP contribution in [0.25, 0.3) is 0 Å². The molecule has 108 valence electrons. The Morgan fingerprint density at radius 1 is 1.16 bits per heavy atom. The third-order valence-corrected chi connectivity index (χ3v) is 3.45. The predicted molar refractivity (Wildman–Crippen MR) is 81.4 cm³/mol. The number of hydrogen-bond acceptors (Lipinski definition) is 3. The second kappa shape index (κ2) is 9.08. The van der Waals surface area contributed by atoms with E-state index < -0.39 is 0 Å². The van der Waals surface area contributed by atoms with E-state index in [-0.39, 0.29) is 6.04 Å². The van der Waals surface area contributed by atoms with Gasteiger partial charge in [-0.15, -0.1) is 0 Å². The van der Waals surface area contributed by atoms with Crippen molar-refractivity contribution in [1.29, 1.82) is 0 Å². The summed E-state index contributed by atoms with van der Waals surface area (Å²) in [7, 11) is 1.76. The van der Waals surface area contributed by atoms with Gasteiger partial charge >= 0.3 is 0 Å². The smallest absolute Gasteiger partial charge is 0.0657 e. The summed E-state index contributed by atoms with van der Waals surface area (Å²) in [6.45, 7) is 10.6. The Balaban J connectivity index is 2.58. The molecule has 1 aromatic rings. The van der Waals surface area contributed by atoms with Crippen LogP contribution in [0.1, 0.15) is 32.4 Å². The predicted octanol–water partition coefficient (Wildman–Crippen LogP) is 2.69. The minimum Gasteiger partial charge on any atom is -0.383 e. The zero-order chi connectivity index (χ0) is 14.1. The molecule has 0 aliphatic heterocycles. The molecule has 0 aliphatic carbocycles. The summed E-state index contributed by atoms with van der Waals surface area (Å²) in [5.74, 6) is 0. The molecule has 2 atom stereocenters. The fourth-order valence-electron chi connectivity index (χ4n) is 2.36. The molecule has 3 nitrogen and oxygen atoms in total. The Hall–Kier alpha value is -0.900. The normalized spacial score (nSPS) is 14.6. The highest BCUT2D eigenvalue weighted by atomic mass is 16.5. The molecule has 0 saturated heterocycles. The second-order valence-electron chi connectivity index (χ2n) is 4.97. The fourth-order valence-corrected chi connectivity index (χ4v) is 2.36. The van der Waals surface area contributed by atoms with Gasteiger partial charge in [0.2, 0.25) is 0 Å². The van der Waals surface area contributed by atoms with E-state index in [1.807, 2.05) is 6.07 Å². The average Bonchev–Trinajstić information content (AvgIpc) is 2.45. The van der Waals surface area contributed by atoms with Crippen LogP contribution in [-0.4, -0.2) is 44.3 Å². The van der Waals surface area contributed by atoms with Crippen molar-refractivity contribution in [2.45, 2.75) is 32.9 Å². The summed E-state index contributed by atoms with van der Waals surface area (Å²) in [6.07, 6.45) is 0. The first kappa shape index (κ1) is 16.2. The lowest BCUT2D eigenvalue weighted by molar-refractivity contribution is 0.155. The Labute approximate surface area is 118 Å². The van der Waals surface area contributed by atoms with Gasteiger partial charge in [-0.3, -0.25) is 0 Å².